The quantitative estimate of drug-likeness (QED) is 0.245. The van der Waals surface area contributed by atoms with E-state index in [0.717, 1.165) is 4.48 Å². The predicted molar refractivity (Wildman–Crippen MR) is 94.3 cm³/mol. The molecule has 0 radical (unpaired) electrons. The zero-order valence-corrected chi connectivity index (χ0v) is 15.1. The highest BCUT2D eigenvalue weighted by Crippen LogP contribution is 2.13. The van der Waals surface area contributed by atoms with Crippen molar-refractivity contribution in [3.05, 3.63) is 0 Å². The smallest absolute Gasteiger partial charge is 0.331 e. The van der Waals surface area contributed by atoms with Crippen LogP contribution in [0.1, 0.15) is 98.2 Å². The van der Waals surface area contributed by atoms with E-state index in [1.807, 2.05) is 0 Å². The van der Waals surface area contributed by atoms with Crippen LogP contribution in [0.3, 0.4) is 0 Å². The van der Waals surface area contributed by atoms with Gasteiger partial charge in [-0.2, -0.15) is 0 Å². The molecule has 122 valence electrons. The first-order chi connectivity index (χ1) is 9.56. The highest BCUT2D eigenvalue weighted by molar-refractivity contribution is 4.49. The van der Waals surface area contributed by atoms with E-state index in [-0.39, 0.29) is 1.43 Å². The third kappa shape index (κ3) is 18.0. The minimum absolute atomic E-state index is 0. The minimum atomic E-state index is 0. The van der Waals surface area contributed by atoms with Crippen molar-refractivity contribution in [3.63, 3.8) is 0 Å². The Balaban J connectivity index is 0. The number of nitrogens with zero attached hydrogens (tertiary/aromatic N) is 1. The molecule has 0 aliphatic carbocycles. The van der Waals surface area contributed by atoms with Crippen molar-refractivity contribution in [2.75, 3.05) is 27.7 Å². The van der Waals surface area contributed by atoms with Gasteiger partial charge in [-0.25, -0.2) is 0 Å². The second kappa shape index (κ2) is 13.9. The van der Waals surface area contributed by atoms with Crippen LogP contribution < -0.4 is 0 Å². The predicted octanol–water partition coefficient (Wildman–Crippen LogP) is 6.29. The summed E-state index contributed by atoms with van der Waals surface area (Å²) in [6.45, 7) is 3.63. The molecule has 20 heavy (non-hydrogen) atoms. The van der Waals surface area contributed by atoms with Crippen LogP contribution in [0.4, 0.5) is 0 Å². The normalized spacial score (nSPS) is 12.0. The molecule has 0 aromatic rings. The molecule has 0 heterocycles. The Morgan fingerprint density at radius 1 is 0.500 bits per heavy atom. The van der Waals surface area contributed by atoms with E-state index in [4.69, 9.17) is 0 Å². The maximum atomic E-state index is 2.29. The van der Waals surface area contributed by atoms with Gasteiger partial charge in [0.1, 0.15) is 0 Å². The van der Waals surface area contributed by atoms with Gasteiger partial charge in [0.25, 0.3) is 0 Å². The molecular formula is C19H43N+2. The number of unbranched alkanes of at least 4 members (excludes halogenated alkanes) is 13. The van der Waals surface area contributed by atoms with Crippen molar-refractivity contribution >= 4 is 0 Å². The molecule has 1 heteroatoms. The lowest BCUT2D eigenvalue weighted by atomic mass is 10.0. The van der Waals surface area contributed by atoms with Crippen LogP contribution in [0.2, 0.25) is 0 Å². The summed E-state index contributed by atoms with van der Waals surface area (Å²) >= 11 is 0. The molecular weight excluding hydrogens is 242 g/mol. The molecule has 0 N–H and O–H groups in total. The SMILES string of the molecule is CCCCCCCCCCCCCCCC[N+](C)(C)C.[H+]. The van der Waals surface area contributed by atoms with Gasteiger partial charge < -0.3 is 4.48 Å². The number of rotatable bonds is 15. The van der Waals surface area contributed by atoms with Crippen molar-refractivity contribution in [1.29, 1.82) is 0 Å². The van der Waals surface area contributed by atoms with Gasteiger partial charge in [-0.1, -0.05) is 84.0 Å². The molecule has 0 amide bonds. The van der Waals surface area contributed by atoms with E-state index >= 15 is 0 Å². The third-order valence-corrected chi connectivity index (χ3v) is 4.18. The summed E-state index contributed by atoms with van der Waals surface area (Å²) in [7, 11) is 6.88. The summed E-state index contributed by atoms with van der Waals surface area (Å²) in [4.78, 5) is 0. The average molecular weight is 286 g/mol. The van der Waals surface area contributed by atoms with Crippen LogP contribution in [0.25, 0.3) is 0 Å². The number of quaternary nitrogens is 1. The van der Waals surface area contributed by atoms with Crippen LogP contribution in [0.15, 0.2) is 0 Å². The van der Waals surface area contributed by atoms with E-state index in [9.17, 15) is 0 Å². The Kier molecular flexibility index (Phi) is 13.9. The molecule has 0 spiro atoms. The number of hydrogen-bond donors (Lipinski definition) is 0. The molecule has 0 aliphatic rings. The molecule has 0 aromatic carbocycles. The fraction of sp³-hybridized carbons (Fsp3) is 1.00. The second-order valence-corrected chi connectivity index (χ2v) is 7.61. The van der Waals surface area contributed by atoms with Gasteiger partial charge in [0.05, 0.1) is 27.7 Å². The van der Waals surface area contributed by atoms with Gasteiger partial charge in [0.15, 0.2) is 0 Å². The zero-order valence-electron chi connectivity index (χ0n) is 16.1. The molecule has 0 aliphatic heterocycles. The summed E-state index contributed by atoms with van der Waals surface area (Å²) in [6.07, 6.45) is 20.4. The average Bonchev–Trinajstić information content (AvgIpc) is 2.38. The molecule has 0 bridgehead atoms. The number of hydrogen-bond acceptors (Lipinski definition) is 0. The molecule has 0 saturated heterocycles. The van der Waals surface area contributed by atoms with Crippen molar-refractivity contribution in [2.45, 2.75) is 96.8 Å². The van der Waals surface area contributed by atoms with Gasteiger partial charge in [0, 0.05) is 0 Å². The van der Waals surface area contributed by atoms with E-state index in [2.05, 4.69) is 28.1 Å². The largest absolute Gasteiger partial charge is 1.00 e. The first-order valence-corrected chi connectivity index (χ1v) is 9.36. The summed E-state index contributed by atoms with van der Waals surface area (Å²) in [5, 5.41) is 0. The van der Waals surface area contributed by atoms with Gasteiger partial charge in [0.2, 0.25) is 0 Å². The van der Waals surface area contributed by atoms with Gasteiger partial charge in [-0.3, -0.25) is 0 Å². The van der Waals surface area contributed by atoms with E-state index in [1.54, 1.807) is 0 Å². The van der Waals surface area contributed by atoms with Crippen molar-refractivity contribution in [2.24, 2.45) is 0 Å². The first-order valence-electron chi connectivity index (χ1n) is 9.36. The standard InChI is InChI=1S/C19H42N/c1-5-6-7-8-9-10-11-12-13-14-15-16-17-18-19-20(2,3)4/h5-19H2,1-4H3/q+1/p+1. The fourth-order valence-electron chi connectivity index (χ4n) is 2.78. The summed E-state index contributed by atoms with van der Waals surface area (Å²) in [5.74, 6) is 0. The molecule has 0 rings (SSSR count). The monoisotopic (exact) mass is 285 g/mol. The molecule has 1 nitrogen and oxygen atoms in total. The Labute approximate surface area is 131 Å². The van der Waals surface area contributed by atoms with Gasteiger partial charge >= 0.3 is 1.43 Å². The maximum Gasteiger partial charge on any atom is 1.00 e. The molecule has 0 aromatic heterocycles. The minimum Gasteiger partial charge on any atom is -0.331 e. The van der Waals surface area contributed by atoms with Crippen molar-refractivity contribution in [3.8, 4) is 0 Å². The first kappa shape index (κ1) is 20.0. The van der Waals surface area contributed by atoms with Gasteiger partial charge in [-0.05, 0) is 12.8 Å². The zero-order chi connectivity index (χ0) is 15.1. The van der Waals surface area contributed by atoms with E-state index in [0.29, 0.717) is 0 Å². The third-order valence-electron chi connectivity index (χ3n) is 4.18. The van der Waals surface area contributed by atoms with Gasteiger partial charge in [-0.15, -0.1) is 0 Å². The maximum absolute atomic E-state index is 2.29. The Bertz CT molecular complexity index is 186. The highest BCUT2D eigenvalue weighted by Gasteiger charge is 2.04. The lowest BCUT2D eigenvalue weighted by Gasteiger charge is -2.23. The lowest BCUT2D eigenvalue weighted by molar-refractivity contribution is -0.870. The van der Waals surface area contributed by atoms with Crippen LogP contribution in [-0.2, 0) is 0 Å². The summed E-state index contributed by atoms with van der Waals surface area (Å²) in [5.41, 5.74) is 0. The van der Waals surface area contributed by atoms with E-state index < -0.39 is 0 Å². The second-order valence-electron chi connectivity index (χ2n) is 7.61. The Morgan fingerprint density at radius 3 is 1.10 bits per heavy atom. The Morgan fingerprint density at radius 2 is 0.800 bits per heavy atom. The topological polar surface area (TPSA) is 0 Å². The van der Waals surface area contributed by atoms with Crippen LogP contribution in [-0.4, -0.2) is 32.2 Å². The molecule has 0 unspecified atom stereocenters. The molecule has 0 atom stereocenters. The molecule has 0 saturated carbocycles. The molecule has 0 fully saturated rings. The van der Waals surface area contributed by atoms with Crippen molar-refractivity contribution < 1.29 is 5.91 Å². The Hall–Kier alpha value is -0.0400. The van der Waals surface area contributed by atoms with Crippen LogP contribution in [0, 0.1) is 0 Å². The highest BCUT2D eigenvalue weighted by atomic mass is 15.3. The lowest BCUT2D eigenvalue weighted by Crippen LogP contribution is -2.35. The van der Waals surface area contributed by atoms with E-state index in [1.165, 1.54) is 96.4 Å². The van der Waals surface area contributed by atoms with Crippen molar-refractivity contribution in [1.82, 2.24) is 0 Å². The summed E-state index contributed by atoms with van der Waals surface area (Å²) < 4.78 is 1.12. The van der Waals surface area contributed by atoms with Crippen LogP contribution >= 0.6 is 0 Å². The summed E-state index contributed by atoms with van der Waals surface area (Å²) in [6, 6.07) is 0. The fourth-order valence-corrected chi connectivity index (χ4v) is 2.78. The van der Waals surface area contributed by atoms with Crippen LogP contribution in [0.5, 0.6) is 0 Å².